The van der Waals surface area contributed by atoms with Gasteiger partial charge in [0.2, 0.25) is 0 Å². The van der Waals surface area contributed by atoms with E-state index in [1.165, 1.54) is 16.7 Å². The Kier molecular flexibility index (Phi) is 3.99. The topological polar surface area (TPSA) is 79.7 Å². The van der Waals surface area contributed by atoms with Crippen molar-refractivity contribution in [2.45, 2.75) is 45.3 Å². The fourth-order valence-corrected chi connectivity index (χ4v) is 3.04. The number of carbonyl (C=O) groups excluding carboxylic acids is 1. The molecular weight excluding hydrogens is 280 g/mol. The predicted octanol–water partition coefficient (Wildman–Crippen LogP) is 2.91. The molecule has 7 heteroatoms. The molecule has 1 aromatic rings. The first kappa shape index (κ1) is 14.8. The smallest absolute Gasteiger partial charge is 0.410 e. The maximum atomic E-state index is 12.1. The second kappa shape index (κ2) is 5.40. The molecule has 0 saturated carbocycles. The van der Waals surface area contributed by atoms with E-state index in [4.69, 9.17) is 9.84 Å². The molecule has 1 saturated heterocycles. The van der Waals surface area contributed by atoms with Crippen LogP contribution in [0.1, 0.15) is 55.2 Å². The molecule has 1 aliphatic rings. The van der Waals surface area contributed by atoms with Crippen LogP contribution in [0.5, 0.6) is 0 Å². The summed E-state index contributed by atoms with van der Waals surface area (Å²) in [4.78, 5) is 28.7. The molecule has 0 aliphatic carbocycles. The van der Waals surface area contributed by atoms with E-state index in [-0.39, 0.29) is 17.8 Å². The van der Waals surface area contributed by atoms with Gasteiger partial charge in [-0.2, -0.15) is 0 Å². The van der Waals surface area contributed by atoms with Gasteiger partial charge in [0, 0.05) is 11.9 Å². The molecule has 0 spiro atoms. The van der Waals surface area contributed by atoms with Crippen LogP contribution in [0.25, 0.3) is 0 Å². The van der Waals surface area contributed by atoms with E-state index in [2.05, 4.69) is 4.98 Å². The van der Waals surface area contributed by atoms with E-state index in [1.54, 1.807) is 4.90 Å². The van der Waals surface area contributed by atoms with Crippen molar-refractivity contribution in [3.05, 3.63) is 16.1 Å². The summed E-state index contributed by atoms with van der Waals surface area (Å²) in [6.07, 6.45) is 1.28. The van der Waals surface area contributed by atoms with Crippen molar-refractivity contribution in [2.24, 2.45) is 0 Å². The van der Waals surface area contributed by atoms with Crippen LogP contribution in [0.4, 0.5) is 4.79 Å². The van der Waals surface area contributed by atoms with Crippen molar-refractivity contribution in [2.75, 3.05) is 6.54 Å². The van der Waals surface area contributed by atoms with Gasteiger partial charge in [0.05, 0.1) is 6.04 Å². The van der Waals surface area contributed by atoms with Crippen molar-refractivity contribution >= 4 is 23.4 Å². The largest absolute Gasteiger partial charge is 0.476 e. The number of aromatic nitrogens is 1. The first-order chi connectivity index (χ1) is 9.28. The van der Waals surface area contributed by atoms with Crippen LogP contribution in [0.15, 0.2) is 5.38 Å². The summed E-state index contributed by atoms with van der Waals surface area (Å²) in [5.74, 6) is -1.05. The van der Waals surface area contributed by atoms with Crippen molar-refractivity contribution < 1.29 is 19.4 Å². The van der Waals surface area contributed by atoms with Crippen molar-refractivity contribution in [3.63, 3.8) is 0 Å². The minimum absolute atomic E-state index is 0.0287. The van der Waals surface area contributed by atoms with Crippen LogP contribution in [0, 0.1) is 0 Å². The van der Waals surface area contributed by atoms with E-state index in [9.17, 15) is 9.59 Å². The van der Waals surface area contributed by atoms with Gasteiger partial charge in [-0.15, -0.1) is 11.3 Å². The van der Waals surface area contributed by atoms with Gasteiger partial charge in [-0.25, -0.2) is 14.6 Å². The molecule has 0 bridgehead atoms. The molecule has 0 radical (unpaired) electrons. The Labute approximate surface area is 121 Å². The Balaban J connectivity index is 2.14. The highest BCUT2D eigenvalue weighted by Gasteiger charge is 2.35. The van der Waals surface area contributed by atoms with E-state index < -0.39 is 11.6 Å². The summed E-state index contributed by atoms with van der Waals surface area (Å²) in [7, 11) is 0. The lowest BCUT2D eigenvalue weighted by Gasteiger charge is -2.27. The van der Waals surface area contributed by atoms with Gasteiger partial charge in [-0.05, 0) is 33.6 Å². The summed E-state index contributed by atoms with van der Waals surface area (Å²) in [6.45, 7) is 6.08. The lowest BCUT2D eigenvalue weighted by atomic mass is 10.2. The fraction of sp³-hybridized carbons (Fsp3) is 0.615. The molecule has 1 aliphatic heterocycles. The average Bonchev–Trinajstić information content (AvgIpc) is 2.95. The van der Waals surface area contributed by atoms with Crippen molar-refractivity contribution in [3.8, 4) is 0 Å². The third kappa shape index (κ3) is 3.27. The lowest BCUT2D eigenvalue weighted by molar-refractivity contribution is 0.0224. The standard InChI is InChI=1S/C13H18N2O4S/c1-13(2,3)19-12(18)15-6-4-5-9(15)10-14-8(7-20-10)11(16)17/h7,9H,4-6H2,1-3H3,(H,16,17)/t9-/m0/s1. The van der Waals surface area contributed by atoms with Gasteiger partial charge < -0.3 is 9.84 Å². The molecular formula is C13H18N2O4S. The molecule has 1 N–H and O–H groups in total. The average molecular weight is 298 g/mol. The zero-order valence-electron chi connectivity index (χ0n) is 11.8. The Morgan fingerprint density at radius 1 is 1.50 bits per heavy atom. The number of hydrogen-bond donors (Lipinski definition) is 1. The predicted molar refractivity (Wildman–Crippen MR) is 74.0 cm³/mol. The highest BCUT2D eigenvalue weighted by Crippen LogP contribution is 2.34. The molecule has 1 amide bonds. The second-order valence-corrected chi connectivity index (χ2v) is 6.60. The number of carboxylic acid groups (broad SMARTS) is 1. The summed E-state index contributed by atoms with van der Waals surface area (Å²) in [6, 6.07) is -0.178. The highest BCUT2D eigenvalue weighted by molar-refractivity contribution is 7.09. The molecule has 1 fully saturated rings. The van der Waals surface area contributed by atoms with E-state index in [0.717, 1.165) is 12.8 Å². The number of carbonyl (C=O) groups is 2. The van der Waals surface area contributed by atoms with Gasteiger partial charge in [-0.1, -0.05) is 0 Å². The van der Waals surface area contributed by atoms with E-state index in [1.807, 2.05) is 20.8 Å². The SMILES string of the molecule is CC(C)(C)OC(=O)N1CCC[C@H]1c1nc(C(=O)O)cs1. The van der Waals surface area contributed by atoms with Crippen molar-refractivity contribution in [1.29, 1.82) is 0 Å². The number of likely N-dealkylation sites (tertiary alicyclic amines) is 1. The van der Waals surface area contributed by atoms with Gasteiger partial charge in [-0.3, -0.25) is 4.90 Å². The maximum absolute atomic E-state index is 12.1. The summed E-state index contributed by atoms with van der Waals surface area (Å²) >= 11 is 1.27. The number of hydrogen-bond acceptors (Lipinski definition) is 5. The third-order valence-corrected chi connectivity index (χ3v) is 3.85. The number of thiazole rings is 1. The van der Waals surface area contributed by atoms with Crippen LogP contribution in [-0.4, -0.2) is 39.2 Å². The zero-order chi connectivity index (χ0) is 14.9. The number of carboxylic acids is 1. The minimum atomic E-state index is -1.05. The molecule has 2 rings (SSSR count). The number of ether oxygens (including phenoxy) is 1. The maximum Gasteiger partial charge on any atom is 0.410 e. The Morgan fingerprint density at radius 2 is 2.20 bits per heavy atom. The number of amides is 1. The normalized spacial score (nSPS) is 19.1. The molecule has 0 unspecified atom stereocenters. The zero-order valence-corrected chi connectivity index (χ0v) is 12.6. The molecule has 1 aromatic heterocycles. The van der Waals surface area contributed by atoms with Crippen LogP contribution >= 0.6 is 11.3 Å². The van der Waals surface area contributed by atoms with Crippen LogP contribution in [0.2, 0.25) is 0 Å². The fourth-order valence-electron chi connectivity index (χ4n) is 2.10. The Hall–Kier alpha value is -1.63. The number of nitrogens with zero attached hydrogens (tertiary/aromatic N) is 2. The highest BCUT2D eigenvalue weighted by atomic mass is 32.1. The van der Waals surface area contributed by atoms with Crippen LogP contribution in [0.3, 0.4) is 0 Å². The van der Waals surface area contributed by atoms with Gasteiger partial charge in [0.25, 0.3) is 0 Å². The summed E-state index contributed by atoms with van der Waals surface area (Å²) in [5.41, 5.74) is -0.514. The number of rotatable bonds is 2. The van der Waals surface area contributed by atoms with Crippen LogP contribution < -0.4 is 0 Å². The Bertz CT molecular complexity index is 521. The summed E-state index contributed by atoms with van der Waals surface area (Å²) < 4.78 is 5.38. The molecule has 0 aromatic carbocycles. The number of aromatic carboxylic acids is 1. The molecule has 2 heterocycles. The lowest BCUT2D eigenvalue weighted by Crippen LogP contribution is -2.36. The van der Waals surface area contributed by atoms with Gasteiger partial charge >= 0.3 is 12.1 Å². The Morgan fingerprint density at radius 3 is 2.75 bits per heavy atom. The monoisotopic (exact) mass is 298 g/mol. The van der Waals surface area contributed by atoms with Gasteiger partial charge in [0.1, 0.15) is 10.6 Å². The minimum Gasteiger partial charge on any atom is -0.476 e. The summed E-state index contributed by atoms with van der Waals surface area (Å²) in [5, 5.41) is 11.1. The van der Waals surface area contributed by atoms with Gasteiger partial charge in [0.15, 0.2) is 5.69 Å². The first-order valence-corrected chi connectivity index (χ1v) is 7.34. The van der Waals surface area contributed by atoms with Crippen molar-refractivity contribution in [1.82, 2.24) is 9.88 Å². The van der Waals surface area contributed by atoms with E-state index in [0.29, 0.717) is 11.6 Å². The quantitative estimate of drug-likeness (QED) is 0.908. The molecule has 1 atom stereocenters. The second-order valence-electron chi connectivity index (χ2n) is 5.71. The van der Waals surface area contributed by atoms with E-state index >= 15 is 0 Å². The molecule has 20 heavy (non-hydrogen) atoms. The third-order valence-electron chi connectivity index (χ3n) is 2.91. The molecule has 110 valence electrons. The first-order valence-electron chi connectivity index (χ1n) is 6.46. The van der Waals surface area contributed by atoms with Crippen LogP contribution in [-0.2, 0) is 4.74 Å². The molecule has 6 nitrogen and oxygen atoms in total.